The highest BCUT2D eigenvalue weighted by Gasteiger charge is 2.08. The summed E-state index contributed by atoms with van der Waals surface area (Å²) in [5.41, 5.74) is 0.990. The van der Waals surface area contributed by atoms with Crippen LogP contribution in [0, 0.1) is 0 Å². The van der Waals surface area contributed by atoms with E-state index >= 15 is 0 Å². The first-order chi connectivity index (χ1) is 8.83. The zero-order valence-electron chi connectivity index (χ0n) is 10.2. The average molecular weight is 266 g/mol. The largest absolute Gasteiger partial charge is 0.352 e. The molecule has 0 radical (unpaired) electrons. The van der Waals surface area contributed by atoms with Crippen LogP contribution in [0.15, 0.2) is 40.1 Å². The highest BCUT2D eigenvalue weighted by Crippen LogP contribution is 2.24. The van der Waals surface area contributed by atoms with Crippen LogP contribution in [-0.4, -0.2) is 24.4 Å². The van der Waals surface area contributed by atoms with E-state index < -0.39 is 0 Å². The summed E-state index contributed by atoms with van der Waals surface area (Å²) < 4.78 is 15.0. The summed E-state index contributed by atoms with van der Waals surface area (Å²) in [5.74, 6) is 1.38. The molecule has 0 atom stereocenters. The molecule has 96 valence electrons. The maximum absolute atomic E-state index is 5.18. The van der Waals surface area contributed by atoms with E-state index in [9.17, 15) is 0 Å². The Balaban J connectivity index is 1.95. The Morgan fingerprint density at radius 3 is 2.50 bits per heavy atom. The van der Waals surface area contributed by atoms with Crippen molar-refractivity contribution in [2.24, 2.45) is 0 Å². The van der Waals surface area contributed by atoms with Gasteiger partial charge in [-0.15, -0.1) is 11.8 Å². The van der Waals surface area contributed by atoms with Crippen LogP contribution in [-0.2, 0) is 15.2 Å². The highest BCUT2D eigenvalue weighted by molar-refractivity contribution is 7.98. The van der Waals surface area contributed by atoms with Gasteiger partial charge in [-0.1, -0.05) is 17.3 Å². The molecule has 2 rings (SSSR count). The second kappa shape index (κ2) is 6.53. The molecule has 1 aromatic heterocycles. The summed E-state index contributed by atoms with van der Waals surface area (Å²) in [6.07, 6.45) is 1.02. The molecular weight excluding hydrogens is 252 g/mol. The number of aromatic nitrogens is 2. The van der Waals surface area contributed by atoms with Crippen molar-refractivity contribution in [2.45, 2.75) is 16.9 Å². The average Bonchev–Trinajstić information content (AvgIpc) is 2.92. The molecule has 6 heteroatoms. The van der Waals surface area contributed by atoms with Crippen molar-refractivity contribution in [3.05, 3.63) is 42.0 Å². The zero-order valence-corrected chi connectivity index (χ0v) is 11.0. The molecule has 1 heterocycles. The molecule has 0 fully saturated rings. The summed E-state index contributed by atoms with van der Waals surface area (Å²) in [5, 5.41) is 3.76. The Morgan fingerprint density at radius 2 is 1.94 bits per heavy atom. The monoisotopic (exact) mass is 266 g/mol. The molecule has 18 heavy (non-hydrogen) atoms. The third-order valence-electron chi connectivity index (χ3n) is 2.36. The molecule has 2 aromatic rings. The van der Waals surface area contributed by atoms with Gasteiger partial charge in [0, 0.05) is 24.7 Å². The quantitative estimate of drug-likeness (QED) is 0.592. The van der Waals surface area contributed by atoms with Gasteiger partial charge in [0.1, 0.15) is 0 Å². The lowest BCUT2D eigenvalue weighted by atomic mass is 10.2. The number of rotatable bonds is 6. The van der Waals surface area contributed by atoms with E-state index in [2.05, 4.69) is 14.7 Å². The fraction of sp³-hybridized carbons (Fsp3) is 0.333. The minimum Gasteiger partial charge on any atom is -0.352 e. The first kappa shape index (κ1) is 13.1. The zero-order chi connectivity index (χ0) is 12.8. The fourth-order valence-electron chi connectivity index (χ4n) is 1.49. The van der Waals surface area contributed by atoms with Crippen molar-refractivity contribution < 1.29 is 14.0 Å². The summed E-state index contributed by atoms with van der Waals surface area (Å²) in [6.45, 7) is 0. The lowest BCUT2D eigenvalue weighted by Gasteiger charge is -2.13. The molecule has 5 nitrogen and oxygen atoms in total. The van der Waals surface area contributed by atoms with E-state index in [0.29, 0.717) is 11.6 Å². The van der Waals surface area contributed by atoms with Gasteiger partial charge in [0.2, 0.25) is 6.39 Å². The first-order valence-electron chi connectivity index (χ1n) is 5.37. The van der Waals surface area contributed by atoms with Crippen LogP contribution < -0.4 is 0 Å². The van der Waals surface area contributed by atoms with Gasteiger partial charge < -0.3 is 14.0 Å². The predicted octanol–water partition coefficient (Wildman–Crippen LogP) is 2.65. The predicted molar refractivity (Wildman–Crippen MR) is 67.1 cm³/mol. The van der Waals surface area contributed by atoms with Gasteiger partial charge in [-0.25, -0.2) is 0 Å². The van der Waals surface area contributed by atoms with E-state index in [-0.39, 0.29) is 6.29 Å². The lowest BCUT2D eigenvalue weighted by Crippen LogP contribution is -2.02. The first-order valence-corrected chi connectivity index (χ1v) is 6.35. The van der Waals surface area contributed by atoms with E-state index in [1.165, 1.54) is 6.39 Å². The van der Waals surface area contributed by atoms with Gasteiger partial charge in [0.25, 0.3) is 0 Å². The SMILES string of the molecule is COC(OC)c1ccc(SCc2ncon2)cc1. The maximum Gasteiger partial charge on any atom is 0.213 e. The molecule has 0 aliphatic carbocycles. The molecule has 1 aromatic carbocycles. The van der Waals surface area contributed by atoms with Crippen molar-refractivity contribution in [1.29, 1.82) is 0 Å². The van der Waals surface area contributed by atoms with Crippen LogP contribution in [0.2, 0.25) is 0 Å². The molecule has 0 aliphatic heterocycles. The van der Waals surface area contributed by atoms with Crippen molar-refractivity contribution in [3.8, 4) is 0 Å². The van der Waals surface area contributed by atoms with Crippen LogP contribution in [0.25, 0.3) is 0 Å². The number of hydrogen-bond acceptors (Lipinski definition) is 6. The minimum atomic E-state index is -0.318. The maximum atomic E-state index is 5.18. The molecule has 0 unspecified atom stereocenters. The lowest BCUT2D eigenvalue weighted by molar-refractivity contribution is -0.106. The van der Waals surface area contributed by atoms with Crippen LogP contribution in [0.3, 0.4) is 0 Å². The molecule has 0 bridgehead atoms. The van der Waals surface area contributed by atoms with E-state index in [1.807, 2.05) is 24.3 Å². The number of thioether (sulfide) groups is 1. The number of nitrogens with zero attached hydrogens (tertiary/aromatic N) is 2. The third-order valence-corrected chi connectivity index (χ3v) is 3.36. The Bertz CT molecular complexity index is 455. The van der Waals surface area contributed by atoms with Crippen molar-refractivity contribution in [1.82, 2.24) is 10.1 Å². The fourth-order valence-corrected chi connectivity index (χ4v) is 2.25. The Morgan fingerprint density at radius 1 is 1.22 bits per heavy atom. The van der Waals surface area contributed by atoms with Gasteiger partial charge in [-0.2, -0.15) is 4.98 Å². The molecule has 0 saturated carbocycles. The molecule has 0 spiro atoms. The molecule has 0 saturated heterocycles. The highest BCUT2D eigenvalue weighted by atomic mass is 32.2. The molecule has 0 N–H and O–H groups in total. The van der Waals surface area contributed by atoms with Gasteiger partial charge in [-0.3, -0.25) is 0 Å². The topological polar surface area (TPSA) is 57.4 Å². The summed E-state index contributed by atoms with van der Waals surface area (Å²) in [7, 11) is 3.24. The van der Waals surface area contributed by atoms with Crippen molar-refractivity contribution >= 4 is 11.8 Å². The minimum absolute atomic E-state index is 0.318. The number of hydrogen-bond donors (Lipinski definition) is 0. The van der Waals surface area contributed by atoms with Crippen LogP contribution in [0.4, 0.5) is 0 Å². The van der Waals surface area contributed by atoms with E-state index in [4.69, 9.17) is 9.47 Å². The third kappa shape index (κ3) is 3.32. The van der Waals surface area contributed by atoms with Crippen molar-refractivity contribution in [3.63, 3.8) is 0 Å². The number of methoxy groups -OCH3 is 2. The Labute approximate surface area is 109 Å². The summed E-state index contributed by atoms with van der Waals surface area (Å²) in [4.78, 5) is 5.10. The number of ether oxygens (including phenoxy) is 2. The normalized spacial score (nSPS) is 11.1. The summed E-state index contributed by atoms with van der Waals surface area (Å²) in [6, 6.07) is 8.00. The second-order valence-electron chi connectivity index (χ2n) is 3.51. The van der Waals surface area contributed by atoms with E-state index in [0.717, 1.165) is 10.5 Å². The van der Waals surface area contributed by atoms with Gasteiger partial charge in [0.15, 0.2) is 12.1 Å². The van der Waals surface area contributed by atoms with Crippen LogP contribution in [0.5, 0.6) is 0 Å². The molecule has 0 aliphatic rings. The van der Waals surface area contributed by atoms with Crippen molar-refractivity contribution in [2.75, 3.05) is 14.2 Å². The van der Waals surface area contributed by atoms with Gasteiger partial charge in [0.05, 0.1) is 5.75 Å². The smallest absolute Gasteiger partial charge is 0.213 e. The Hall–Kier alpha value is -1.37. The molecular formula is C12H14N2O3S. The van der Waals surface area contributed by atoms with Gasteiger partial charge in [-0.05, 0) is 12.1 Å². The molecule has 0 amide bonds. The number of benzene rings is 1. The second-order valence-corrected chi connectivity index (χ2v) is 4.56. The van der Waals surface area contributed by atoms with Gasteiger partial charge >= 0.3 is 0 Å². The van der Waals surface area contributed by atoms with Crippen LogP contribution >= 0.6 is 11.8 Å². The Kier molecular flexibility index (Phi) is 4.74. The van der Waals surface area contributed by atoms with E-state index in [1.54, 1.807) is 26.0 Å². The van der Waals surface area contributed by atoms with Crippen LogP contribution in [0.1, 0.15) is 17.7 Å². The standard InChI is InChI=1S/C12H14N2O3S/c1-15-12(16-2)9-3-5-10(6-4-9)18-7-11-13-8-17-14-11/h3-6,8,12H,7H2,1-2H3. The summed E-state index contributed by atoms with van der Waals surface area (Å²) >= 11 is 1.65.